The number of likely N-dealkylation sites (tertiary alicyclic amines) is 1. The van der Waals surface area contributed by atoms with Crippen molar-refractivity contribution in [2.75, 3.05) is 39.3 Å². The Balaban J connectivity index is 1.34. The highest BCUT2D eigenvalue weighted by Crippen LogP contribution is 2.21. The highest BCUT2D eigenvalue weighted by molar-refractivity contribution is 9.10. The van der Waals surface area contributed by atoms with Crippen LogP contribution in [0.15, 0.2) is 37.9 Å². The van der Waals surface area contributed by atoms with Gasteiger partial charge in [-0.15, -0.1) is 0 Å². The first-order valence-electron chi connectivity index (χ1n) is 10.4. The van der Waals surface area contributed by atoms with E-state index in [9.17, 15) is 14.3 Å². The predicted octanol–water partition coefficient (Wildman–Crippen LogP) is 3.16. The summed E-state index contributed by atoms with van der Waals surface area (Å²) in [5.74, 6) is 0.434. The first-order valence-corrected chi connectivity index (χ1v) is 11.2. The Morgan fingerprint density at radius 3 is 2.23 bits per heavy atom. The van der Waals surface area contributed by atoms with E-state index in [4.69, 9.17) is 4.42 Å². The second-order valence-corrected chi connectivity index (χ2v) is 8.99. The average molecular weight is 480 g/mol. The number of benzene rings is 1. The van der Waals surface area contributed by atoms with Crippen LogP contribution in [0.5, 0.6) is 5.75 Å². The summed E-state index contributed by atoms with van der Waals surface area (Å²) in [4.78, 5) is 18.9. The molecule has 1 aromatic carbocycles. The maximum absolute atomic E-state index is 13.7. The third-order valence-corrected chi connectivity index (χ3v) is 6.49. The zero-order valence-electron chi connectivity index (χ0n) is 16.9. The lowest BCUT2D eigenvalue weighted by molar-refractivity contribution is 0.112. The van der Waals surface area contributed by atoms with Gasteiger partial charge >= 0.3 is 0 Å². The largest absolute Gasteiger partial charge is 0.502 e. The fourth-order valence-electron chi connectivity index (χ4n) is 4.14. The Kier molecular flexibility index (Phi) is 6.87. The third-order valence-electron chi connectivity index (χ3n) is 5.84. The molecule has 162 valence electrons. The summed E-state index contributed by atoms with van der Waals surface area (Å²) in [6.45, 7) is 7.00. The monoisotopic (exact) mass is 479 g/mol. The summed E-state index contributed by atoms with van der Waals surface area (Å²) in [6.07, 6.45) is 2.35. The van der Waals surface area contributed by atoms with Crippen molar-refractivity contribution in [2.45, 2.75) is 32.5 Å². The van der Waals surface area contributed by atoms with Gasteiger partial charge in [-0.2, -0.15) is 0 Å². The van der Waals surface area contributed by atoms with Gasteiger partial charge in [-0.25, -0.2) is 4.39 Å². The highest BCUT2D eigenvalue weighted by Gasteiger charge is 2.22. The van der Waals surface area contributed by atoms with Gasteiger partial charge < -0.3 is 9.52 Å². The minimum absolute atomic E-state index is 0.245. The lowest BCUT2D eigenvalue weighted by Gasteiger charge is -2.34. The molecule has 2 saturated heterocycles. The second-order valence-electron chi connectivity index (χ2n) is 8.13. The van der Waals surface area contributed by atoms with Crippen molar-refractivity contribution in [3.05, 3.63) is 61.9 Å². The summed E-state index contributed by atoms with van der Waals surface area (Å²) >= 11 is 3.18. The number of hydrogen-bond donors (Lipinski definition) is 1. The molecule has 2 aliphatic heterocycles. The molecule has 2 aliphatic rings. The molecule has 2 aromatic rings. The van der Waals surface area contributed by atoms with Crippen LogP contribution in [-0.2, 0) is 19.6 Å². The fourth-order valence-corrected chi connectivity index (χ4v) is 4.39. The molecule has 3 heterocycles. The number of aromatic hydroxyl groups is 1. The standard InChI is InChI=1S/C22H27BrFN3O3/c23-18-4-3-16(11-19(18)24)13-26-7-9-27(10-8-26)15-21-22(29)20(28)12-17(30-21)14-25-5-1-2-6-25/h3-4,11-12,29H,1-2,5-10,13-15H2. The molecule has 1 aromatic heterocycles. The number of piperazine rings is 1. The summed E-state index contributed by atoms with van der Waals surface area (Å²) in [5, 5.41) is 10.2. The van der Waals surface area contributed by atoms with Gasteiger partial charge in [0.05, 0.1) is 17.6 Å². The topological polar surface area (TPSA) is 60.2 Å². The molecule has 1 N–H and O–H groups in total. The first kappa shape index (κ1) is 21.5. The molecule has 8 heteroatoms. The Morgan fingerprint density at radius 1 is 0.933 bits per heavy atom. The van der Waals surface area contributed by atoms with Gasteiger partial charge in [0, 0.05) is 38.8 Å². The van der Waals surface area contributed by atoms with Crippen molar-refractivity contribution in [1.29, 1.82) is 0 Å². The molecular formula is C22H27BrFN3O3. The molecule has 6 nitrogen and oxygen atoms in total. The first-order chi connectivity index (χ1) is 14.5. The van der Waals surface area contributed by atoms with Crippen molar-refractivity contribution >= 4 is 15.9 Å². The van der Waals surface area contributed by atoms with E-state index < -0.39 is 0 Å². The highest BCUT2D eigenvalue weighted by atomic mass is 79.9. The van der Waals surface area contributed by atoms with E-state index in [0.29, 0.717) is 35.6 Å². The Bertz CT molecular complexity index is 938. The Hall–Kier alpha value is -1.74. The molecule has 2 fully saturated rings. The van der Waals surface area contributed by atoms with Gasteiger partial charge in [-0.1, -0.05) is 6.07 Å². The minimum atomic E-state index is -0.374. The van der Waals surface area contributed by atoms with Gasteiger partial charge in [-0.3, -0.25) is 19.5 Å². The summed E-state index contributed by atoms with van der Waals surface area (Å²) < 4.78 is 20.1. The molecular weight excluding hydrogens is 453 g/mol. The van der Waals surface area contributed by atoms with Gasteiger partial charge in [0.2, 0.25) is 11.2 Å². The van der Waals surface area contributed by atoms with Crippen molar-refractivity contribution in [1.82, 2.24) is 14.7 Å². The number of halogens is 2. The van der Waals surface area contributed by atoms with E-state index in [1.54, 1.807) is 12.1 Å². The summed E-state index contributed by atoms with van der Waals surface area (Å²) in [7, 11) is 0. The van der Waals surface area contributed by atoms with Gasteiger partial charge in [-0.05, 0) is 59.6 Å². The van der Waals surface area contributed by atoms with Crippen LogP contribution in [-0.4, -0.2) is 59.1 Å². The van der Waals surface area contributed by atoms with Gasteiger partial charge in [0.1, 0.15) is 11.6 Å². The number of nitrogens with zero attached hydrogens (tertiary/aromatic N) is 3. The average Bonchev–Trinajstić information content (AvgIpc) is 3.23. The molecule has 0 saturated carbocycles. The lowest BCUT2D eigenvalue weighted by atomic mass is 10.2. The predicted molar refractivity (Wildman–Crippen MR) is 116 cm³/mol. The van der Waals surface area contributed by atoms with Crippen LogP contribution in [0.2, 0.25) is 0 Å². The molecule has 0 spiro atoms. The van der Waals surface area contributed by atoms with Crippen LogP contribution in [0.1, 0.15) is 29.9 Å². The normalized spacial score (nSPS) is 18.9. The molecule has 30 heavy (non-hydrogen) atoms. The molecule has 0 bridgehead atoms. The van der Waals surface area contributed by atoms with E-state index in [2.05, 4.69) is 30.6 Å². The van der Waals surface area contributed by atoms with Gasteiger partial charge in [0.25, 0.3) is 0 Å². The zero-order valence-corrected chi connectivity index (χ0v) is 18.5. The van der Waals surface area contributed by atoms with Crippen LogP contribution in [0.4, 0.5) is 4.39 Å². The van der Waals surface area contributed by atoms with E-state index in [1.807, 2.05) is 6.07 Å². The Morgan fingerprint density at radius 2 is 1.57 bits per heavy atom. The van der Waals surface area contributed by atoms with Crippen LogP contribution < -0.4 is 5.43 Å². The van der Waals surface area contributed by atoms with E-state index in [0.717, 1.165) is 44.8 Å². The van der Waals surface area contributed by atoms with E-state index in [-0.39, 0.29) is 17.0 Å². The van der Waals surface area contributed by atoms with Crippen LogP contribution in [0.25, 0.3) is 0 Å². The van der Waals surface area contributed by atoms with Crippen molar-refractivity contribution in [3.63, 3.8) is 0 Å². The van der Waals surface area contributed by atoms with Crippen LogP contribution in [0.3, 0.4) is 0 Å². The molecule has 0 aliphatic carbocycles. The molecule has 0 unspecified atom stereocenters. The smallest absolute Gasteiger partial charge is 0.227 e. The third kappa shape index (κ3) is 5.29. The van der Waals surface area contributed by atoms with Crippen molar-refractivity contribution in [2.24, 2.45) is 0 Å². The van der Waals surface area contributed by atoms with Gasteiger partial charge in [0.15, 0.2) is 5.76 Å². The summed E-state index contributed by atoms with van der Waals surface area (Å²) in [5.41, 5.74) is 0.573. The quantitative estimate of drug-likeness (QED) is 0.686. The second kappa shape index (κ2) is 9.60. The van der Waals surface area contributed by atoms with Crippen LogP contribution >= 0.6 is 15.9 Å². The van der Waals surface area contributed by atoms with Crippen molar-refractivity contribution < 1.29 is 13.9 Å². The lowest BCUT2D eigenvalue weighted by Crippen LogP contribution is -2.45. The summed E-state index contributed by atoms with van der Waals surface area (Å²) in [6, 6.07) is 6.64. The molecule has 4 rings (SSSR count). The number of hydrogen-bond acceptors (Lipinski definition) is 6. The Labute approximate surface area is 184 Å². The van der Waals surface area contributed by atoms with Crippen LogP contribution in [0, 0.1) is 5.82 Å². The van der Waals surface area contributed by atoms with Crippen molar-refractivity contribution in [3.8, 4) is 5.75 Å². The molecule has 0 radical (unpaired) electrons. The maximum atomic E-state index is 13.7. The molecule has 0 amide bonds. The molecule has 0 atom stereocenters. The maximum Gasteiger partial charge on any atom is 0.227 e. The van der Waals surface area contributed by atoms with E-state index in [1.165, 1.54) is 18.9 Å². The fraction of sp³-hybridized carbons (Fsp3) is 0.500. The minimum Gasteiger partial charge on any atom is -0.502 e. The van der Waals surface area contributed by atoms with E-state index >= 15 is 0 Å². The number of rotatable bonds is 6. The SMILES string of the molecule is O=c1cc(CN2CCCC2)oc(CN2CCN(Cc3ccc(Br)c(F)c3)CC2)c1O. The zero-order chi connectivity index (χ0) is 21.1.